The third kappa shape index (κ3) is 7.44. The van der Waals surface area contributed by atoms with Crippen molar-refractivity contribution in [3.63, 3.8) is 0 Å². The van der Waals surface area contributed by atoms with Crippen LogP contribution in [0.1, 0.15) is 44.7 Å². The Balaban J connectivity index is 0.00000380. The monoisotopic (exact) mass is 529 g/mol. The van der Waals surface area contributed by atoms with Gasteiger partial charge in [0.2, 0.25) is 11.8 Å². The highest BCUT2D eigenvalue weighted by Gasteiger charge is 2.31. The van der Waals surface area contributed by atoms with E-state index in [2.05, 4.69) is 10.3 Å². The lowest BCUT2D eigenvalue weighted by molar-refractivity contribution is -0.139. The van der Waals surface area contributed by atoms with Crippen LogP contribution in [0, 0.1) is 0 Å². The summed E-state index contributed by atoms with van der Waals surface area (Å²) in [6, 6.07) is 16.5. The number of rotatable bonds is 9. The fraction of sp³-hybridized carbons (Fsp3) is 0.444. The molecule has 200 valence electrons. The summed E-state index contributed by atoms with van der Waals surface area (Å²) < 4.78 is 7.62. The number of imidazole rings is 1. The van der Waals surface area contributed by atoms with Crippen LogP contribution in [0.15, 0.2) is 59.4 Å². The van der Waals surface area contributed by atoms with E-state index in [4.69, 9.17) is 10.5 Å². The maximum atomic E-state index is 13.4. The highest BCUT2D eigenvalue weighted by Crippen LogP contribution is 2.25. The zero-order valence-corrected chi connectivity index (χ0v) is 22.1. The highest BCUT2D eigenvalue weighted by molar-refractivity contribution is 5.88. The molecule has 4 N–H and O–H groups in total. The Morgan fingerprint density at radius 2 is 1.76 bits per heavy atom. The van der Waals surface area contributed by atoms with E-state index < -0.39 is 11.6 Å². The van der Waals surface area contributed by atoms with Crippen molar-refractivity contribution in [3.05, 3.63) is 70.6 Å². The Morgan fingerprint density at radius 3 is 2.43 bits per heavy atom. The number of carbonyl (C=O) groups is 2. The van der Waals surface area contributed by atoms with Gasteiger partial charge in [-0.25, -0.2) is 4.79 Å². The summed E-state index contributed by atoms with van der Waals surface area (Å²) >= 11 is 0. The SMILES string of the molecule is CC(C)(N)CC(=O)N[C@H](COCc1ccccc1)C(=O)N1CCC(n2c(=O)[nH]c3ccccc32)CC1.Cl. The molecule has 10 heteroatoms. The van der Waals surface area contributed by atoms with E-state index in [9.17, 15) is 14.4 Å². The highest BCUT2D eigenvalue weighted by atomic mass is 35.5. The topological polar surface area (TPSA) is 122 Å². The van der Waals surface area contributed by atoms with Crippen molar-refractivity contribution in [1.29, 1.82) is 0 Å². The second kappa shape index (κ2) is 12.4. The van der Waals surface area contributed by atoms with Gasteiger partial charge in [-0.05, 0) is 44.4 Å². The molecule has 1 saturated heterocycles. The molecule has 2 amide bonds. The molecule has 1 fully saturated rings. The number of nitrogens with zero attached hydrogens (tertiary/aromatic N) is 2. The molecule has 1 aliphatic rings. The van der Waals surface area contributed by atoms with E-state index in [1.54, 1.807) is 23.3 Å². The van der Waals surface area contributed by atoms with Gasteiger partial charge in [0.05, 0.1) is 24.2 Å². The summed E-state index contributed by atoms with van der Waals surface area (Å²) in [4.78, 5) is 43.3. The second-order valence-electron chi connectivity index (χ2n) is 10.2. The maximum Gasteiger partial charge on any atom is 0.326 e. The molecule has 2 aromatic carbocycles. The Bertz CT molecular complexity index is 1240. The summed E-state index contributed by atoms with van der Waals surface area (Å²) in [5.74, 6) is -0.472. The zero-order valence-electron chi connectivity index (χ0n) is 21.3. The molecule has 0 unspecified atom stereocenters. The van der Waals surface area contributed by atoms with Crippen LogP contribution in [0.4, 0.5) is 0 Å². The number of halogens is 1. The standard InChI is InChI=1S/C27H35N5O4.ClH/c1-27(2,28)16-24(33)29-22(18-36-17-19-8-4-3-5-9-19)25(34)31-14-12-20(13-15-31)32-23-11-7-6-10-21(23)30-26(32)35;/h3-11,20,22H,12-18,28H2,1-2H3,(H,29,33)(H,30,35);1H/t22-;/m1./s1. The number of aromatic amines is 1. The number of hydrogen-bond donors (Lipinski definition) is 3. The average molecular weight is 530 g/mol. The number of fused-ring (bicyclic) bond motifs is 1. The molecule has 9 nitrogen and oxygen atoms in total. The third-order valence-electron chi connectivity index (χ3n) is 6.41. The number of para-hydroxylation sites is 2. The number of piperidine rings is 1. The van der Waals surface area contributed by atoms with Gasteiger partial charge in [-0.2, -0.15) is 0 Å². The van der Waals surface area contributed by atoms with Crippen LogP contribution in [0.2, 0.25) is 0 Å². The Labute approximate surface area is 222 Å². The Morgan fingerprint density at radius 1 is 1.11 bits per heavy atom. The van der Waals surface area contributed by atoms with Gasteiger partial charge >= 0.3 is 5.69 Å². The van der Waals surface area contributed by atoms with Crippen molar-refractivity contribution >= 4 is 35.3 Å². The minimum Gasteiger partial charge on any atom is -0.374 e. The number of hydrogen-bond acceptors (Lipinski definition) is 5. The molecule has 0 saturated carbocycles. The van der Waals surface area contributed by atoms with Crippen molar-refractivity contribution in [1.82, 2.24) is 19.8 Å². The van der Waals surface area contributed by atoms with Gasteiger partial charge in [-0.3, -0.25) is 14.2 Å². The van der Waals surface area contributed by atoms with Gasteiger partial charge < -0.3 is 25.7 Å². The number of amides is 2. The minimum absolute atomic E-state index is 0. The number of benzene rings is 2. The minimum atomic E-state index is -0.809. The van der Waals surface area contributed by atoms with Crippen molar-refractivity contribution in [2.75, 3.05) is 19.7 Å². The molecular weight excluding hydrogens is 494 g/mol. The van der Waals surface area contributed by atoms with Gasteiger partial charge in [0.1, 0.15) is 6.04 Å². The van der Waals surface area contributed by atoms with Crippen LogP contribution in [0.25, 0.3) is 11.0 Å². The number of H-pyrrole nitrogens is 1. The number of ether oxygens (including phenoxy) is 1. The van der Waals surface area contributed by atoms with Crippen LogP contribution < -0.4 is 16.7 Å². The van der Waals surface area contributed by atoms with Crippen molar-refractivity contribution in [2.24, 2.45) is 5.73 Å². The lowest BCUT2D eigenvalue weighted by Gasteiger charge is -2.35. The second-order valence-corrected chi connectivity index (χ2v) is 10.2. The predicted molar refractivity (Wildman–Crippen MR) is 146 cm³/mol. The Hall–Kier alpha value is -3.14. The van der Waals surface area contributed by atoms with Crippen molar-refractivity contribution in [3.8, 4) is 0 Å². The van der Waals surface area contributed by atoms with E-state index in [0.717, 1.165) is 16.6 Å². The van der Waals surface area contributed by atoms with Crippen LogP contribution in [-0.4, -0.2) is 57.5 Å². The predicted octanol–water partition coefficient (Wildman–Crippen LogP) is 2.74. The van der Waals surface area contributed by atoms with Crippen LogP contribution >= 0.6 is 12.4 Å². The lowest BCUT2D eigenvalue weighted by Crippen LogP contribution is -2.54. The molecule has 0 radical (unpaired) electrons. The normalized spacial score (nSPS) is 15.3. The van der Waals surface area contributed by atoms with Crippen LogP contribution in [0.5, 0.6) is 0 Å². The third-order valence-corrected chi connectivity index (χ3v) is 6.41. The van der Waals surface area contributed by atoms with E-state index in [0.29, 0.717) is 32.5 Å². The largest absolute Gasteiger partial charge is 0.374 e. The fourth-order valence-corrected chi connectivity index (χ4v) is 4.70. The zero-order chi connectivity index (χ0) is 25.7. The number of likely N-dealkylation sites (tertiary alicyclic amines) is 1. The molecule has 4 rings (SSSR count). The molecule has 1 aliphatic heterocycles. The molecule has 0 spiro atoms. The molecule has 0 bridgehead atoms. The molecule has 1 atom stereocenters. The molecule has 0 aliphatic carbocycles. The maximum absolute atomic E-state index is 13.4. The van der Waals surface area contributed by atoms with Gasteiger partial charge in [0.15, 0.2) is 0 Å². The van der Waals surface area contributed by atoms with Gasteiger partial charge in [-0.15, -0.1) is 12.4 Å². The fourth-order valence-electron chi connectivity index (χ4n) is 4.70. The summed E-state index contributed by atoms with van der Waals surface area (Å²) in [5.41, 5.74) is 7.85. The molecule has 2 heterocycles. The molecule has 3 aromatic rings. The molecular formula is C27H36ClN5O4. The summed E-state index contributed by atoms with van der Waals surface area (Å²) in [6.07, 6.45) is 1.39. The number of aromatic nitrogens is 2. The summed E-state index contributed by atoms with van der Waals surface area (Å²) in [5, 5.41) is 2.83. The Kier molecular flexibility index (Phi) is 9.53. The number of nitrogens with two attached hydrogens (primary N) is 1. The van der Waals surface area contributed by atoms with E-state index in [1.165, 1.54) is 0 Å². The van der Waals surface area contributed by atoms with Gasteiger partial charge in [-0.1, -0.05) is 42.5 Å². The van der Waals surface area contributed by atoms with Gasteiger partial charge in [0, 0.05) is 31.1 Å². The van der Waals surface area contributed by atoms with Crippen LogP contribution in [0.3, 0.4) is 0 Å². The molecule has 1 aromatic heterocycles. The molecule has 37 heavy (non-hydrogen) atoms. The first-order valence-corrected chi connectivity index (χ1v) is 12.4. The average Bonchev–Trinajstić information content (AvgIpc) is 3.18. The number of carbonyl (C=O) groups excluding carboxylic acids is 2. The quantitative estimate of drug-likeness (QED) is 0.393. The first kappa shape index (κ1) is 28.4. The summed E-state index contributed by atoms with van der Waals surface area (Å²) in [6.45, 7) is 4.92. The summed E-state index contributed by atoms with van der Waals surface area (Å²) in [7, 11) is 0. The first-order chi connectivity index (χ1) is 17.2. The smallest absolute Gasteiger partial charge is 0.326 e. The first-order valence-electron chi connectivity index (χ1n) is 12.4. The van der Waals surface area contributed by atoms with Crippen molar-refractivity contribution < 1.29 is 14.3 Å². The lowest BCUT2D eigenvalue weighted by atomic mass is 10.0. The van der Waals surface area contributed by atoms with Crippen molar-refractivity contribution in [2.45, 2.75) is 57.3 Å². The van der Waals surface area contributed by atoms with Crippen LogP contribution in [-0.2, 0) is 20.9 Å². The van der Waals surface area contributed by atoms with E-state index in [-0.39, 0.29) is 49.0 Å². The van der Waals surface area contributed by atoms with Gasteiger partial charge in [0.25, 0.3) is 0 Å². The van der Waals surface area contributed by atoms with E-state index >= 15 is 0 Å². The number of nitrogens with one attached hydrogen (secondary N) is 2. The van der Waals surface area contributed by atoms with E-state index in [1.807, 2.05) is 54.6 Å².